The van der Waals surface area contributed by atoms with E-state index in [1.54, 1.807) is 0 Å². The Hall–Kier alpha value is -0.910. The standard InChI is InChI=1S/C17H26N4O3S.HI/c1-20(16-6-7-16)17(18)19-12-14-4-2-3-5-15(14)13-25(22,23)21-8-10-24-11-9-21;/h2-5,16H,6-13H2,1H3,(H2,18,19);1H. The lowest BCUT2D eigenvalue weighted by Crippen LogP contribution is -2.41. The molecule has 2 aliphatic rings. The SMILES string of the molecule is CN(C(N)=NCc1ccccc1CS(=O)(=O)N1CCOCC1)C1CC1.I. The maximum Gasteiger partial charge on any atom is 0.218 e. The van der Waals surface area contributed by atoms with Crippen LogP contribution in [0.25, 0.3) is 0 Å². The number of nitrogens with zero attached hydrogens (tertiary/aromatic N) is 3. The number of halogens is 1. The van der Waals surface area contributed by atoms with Crippen LogP contribution in [0.2, 0.25) is 0 Å². The first-order chi connectivity index (χ1) is 12.0. The van der Waals surface area contributed by atoms with Gasteiger partial charge in [0.25, 0.3) is 0 Å². The Balaban J connectivity index is 0.00000243. The highest BCUT2D eigenvalue weighted by atomic mass is 127. The number of hydrogen-bond donors (Lipinski definition) is 1. The zero-order chi connectivity index (χ0) is 17.9. The first-order valence-corrected chi connectivity index (χ1v) is 10.2. The van der Waals surface area contributed by atoms with Gasteiger partial charge in [-0.3, -0.25) is 0 Å². The second-order valence-corrected chi connectivity index (χ2v) is 8.52. The molecule has 1 heterocycles. The number of benzene rings is 1. The normalized spacial score (nSPS) is 19.0. The van der Waals surface area contributed by atoms with E-state index in [0.29, 0.717) is 44.8 Å². The van der Waals surface area contributed by atoms with Gasteiger partial charge >= 0.3 is 0 Å². The fraction of sp³-hybridized carbons (Fsp3) is 0.588. The van der Waals surface area contributed by atoms with Crippen molar-refractivity contribution in [2.24, 2.45) is 10.7 Å². The Bertz CT molecular complexity index is 731. The van der Waals surface area contributed by atoms with E-state index < -0.39 is 10.0 Å². The molecule has 3 rings (SSSR count). The average Bonchev–Trinajstić information content (AvgIpc) is 3.45. The first-order valence-electron chi connectivity index (χ1n) is 8.62. The van der Waals surface area contributed by atoms with E-state index in [4.69, 9.17) is 10.5 Å². The van der Waals surface area contributed by atoms with Crippen LogP contribution >= 0.6 is 24.0 Å². The summed E-state index contributed by atoms with van der Waals surface area (Å²) in [6.07, 6.45) is 2.31. The third-order valence-corrected chi connectivity index (χ3v) is 6.51. The van der Waals surface area contributed by atoms with Gasteiger partial charge in [-0.25, -0.2) is 13.4 Å². The van der Waals surface area contributed by atoms with Gasteiger partial charge in [-0.2, -0.15) is 4.31 Å². The zero-order valence-corrected chi connectivity index (χ0v) is 18.2. The van der Waals surface area contributed by atoms with Crippen molar-refractivity contribution in [2.45, 2.75) is 31.2 Å². The highest BCUT2D eigenvalue weighted by Crippen LogP contribution is 2.25. The quantitative estimate of drug-likeness (QED) is 0.367. The van der Waals surface area contributed by atoms with E-state index in [9.17, 15) is 8.42 Å². The number of aliphatic imine (C=N–C) groups is 1. The van der Waals surface area contributed by atoms with Crippen LogP contribution < -0.4 is 5.73 Å². The molecule has 0 amide bonds. The van der Waals surface area contributed by atoms with Gasteiger partial charge in [-0.15, -0.1) is 24.0 Å². The minimum atomic E-state index is -3.35. The monoisotopic (exact) mass is 494 g/mol. The second kappa shape index (κ2) is 9.34. The molecule has 2 N–H and O–H groups in total. The molecular weight excluding hydrogens is 467 g/mol. The van der Waals surface area contributed by atoms with E-state index in [-0.39, 0.29) is 29.7 Å². The molecule has 1 aliphatic carbocycles. The molecule has 0 spiro atoms. The summed E-state index contributed by atoms with van der Waals surface area (Å²) in [6.45, 7) is 2.13. The third kappa shape index (κ3) is 5.54. The van der Waals surface area contributed by atoms with E-state index in [1.807, 2.05) is 36.2 Å². The van der Waals surface area contributed by atoms with Gasteiger partial charge in [0.05, 0.1) is 25.5 Å². The van der Waals surface area contributed by atoms with Gasteiger partial charge in [-0.1, -0.05) is 24.3 Å². The van der Waals surface area contributed by atoms with Crippen molar-refractivity contribution < 1.29 is 13.2 Å². The Morgan fingerprint density at radius 3 is 2.50 bits per heavy atom. The lowest BCUT2D eigenvalue weighted by Gasteiger charge is -2.26. The topological polar surface area (TPSA) is 88.2 Å². The molecule has 1 aliphatic heterocycles. The van der Waals surface area contributed by atoms with Crippen molar-refractivity contribution in [2.75, 3.05) is 33.4 Å². The van der Waals surface area contributed by atoms with Gasteiger partial charge in [0.15, 0.2) is 5.96 Å². The number of guanidine groups is 1. The number of hydrogen-bond acceptors (Lipinski definition) is 4. The number of ether oxygens (including phenoxy) is 1. The van der Waals surface area contributed by atoms with Crippen molar-refractivity contribution in [1.29, 1.82) is 0 Å². The summed E-state index contributed by atoms with van der Waals surface area (Å²) in [5, 5.41) is 0. The van der Waals surface area contributed by atoms with Gasteiger partial charge in [0, 0.05) is 26.2 Å². The van der Waals surface area contributed by atoms with Crippen molar-refractivity contribution in [3.8, 4) is 0 Å². The van der Waals surface area contributed by atoms with Gasteiger partial charge in [0.1, 0.15) is 0 Å². The molecule has 26 heavy (non-hydrogen) atoms. The zero-order valence-electron chi connectivity index (χ0n) is 15.0. The van der Waals surface area contributed by atoms with Crippen LogP contribution in [0.5, 0.6) is 0 Å². The highest BCUT2D eigenvalue weighted by molar-refractivity contribution is 14.0. The lowest BCUT2D eigenvalue weighted by atomic mass is 10.1. The molecule has 0 bridgehead atoms. The molecule has 0 aromatic heterocycles. The molecule has 2 fully saturated rings. The Morgan fingerprint density at radius 2 is 1.88 bits per heavy atom. The predicted molar refractivity (Wildman–Crippen MR) is 113 cm³/mol. The van der Waals surface area contributed by atoms with Gasteiger partial charge < -0.3 is 15.4 Å². The van der Waals surface area contributed by atoms with Crippen LogP contribution in [0.3, 0.4) is 0 Å². The van der Waals surface area contributed by atoms with Crippen LogP contribution in [0, 0.1) is 0 Å². The molecule has 146 valence electrons. The van der Waals surface area contributed by atoms with E-state index in [1.165, 1.54) is 4.31 Å². The maximum absolute atomic E-state index is 12.7. The molecule has 7 nitrogen and oxygen atoms in total. The molecule has 1 saturated carbocycles. The molecule has 1 saturated heterocycles. The van der Waals surface area contributed by atoms with Crippen LogP contribution in [0.4, 0.5) is 0 Å². The molecule has 0 unspecified atom stereocenters. The van der Waals surface area contributed by atoms with Crippen molar-refractivity contribution >= 4 is 40.0 Å². The second-order valence-electron chi connectivity index (χ2n) is 6.55. The van der Waals surface area contributed by atoms with Crippen molar-refractivity contribution in [1.82, 2.24) is 9.21 Å². The van der Waals surface area contributed by atoms with Crippen LogP contribution in [-0.4, -0.2) is 63.0 Å². The average molecular weight is 494 g/mol. The summed E-state index contributed by atoms with van der Waals surface area (Å²) in [4.78, 5) is 6.44. The van der Waals surface area contributed by atoms with Crippen LogP contribution in [0.1, 0.15) is 24.0 Å². The fourth-order valence-corrected chi connectivity index (χ4v) is 4.45. The number of morpholine rings is 1. The van der Waals surface area contributed by atoms with E-state index >= 15 is 0 Å². The van der Waals surface area contributed by atoms with E-state index in [0.717, 1.165) is 24.0 Å². The van der Waals surface area contributed by atoms with Crippen LogP contribution in [-0.2, 0) is 27.1 Å². The summed E-state index contributed by atoms with van der Waals surface area (Å²) in [5.41, 5.74) is 7.71. The summed E-state index contributed by atoms with van der Waals surface area (Å²) in [5.74, 6) is 0.491. The molecule has 1 aromatic carbocycles. The molecule has 0 radical (unpaired) electrons. The third-order valence-electron chi connectivity index (χ3n) is 4.69. The van der Waals surface area contributed by atoms with E-state index in [2.05, 4.69) is 4.99 Å². The molecule has 0 atom stereocenters. The predicted octanol–water partition coefficient (Wildman–Crippen LogP) is 1.38. The highest BCUT2D eigenvalue weighted by Gasteiger charge is 2.27. The Morgan fingerprint density at radius 1 is 1.27 bits per heavy atom. The van der Waals surface area contributed by atoms with Gasteiger partial charge in [0.2, 0.25) is 10.0 Å². The number of rotatable bonds is 6. The lowest BCUT2D eigenvalue weighted by molar-refractivity contribution is 0.0729. The van der Waals surface area contributed by atoms with Crippen molar-refractivity contribution in [3.63, 3.8) is 0 Å². The number of sulfonamides is 1. The maximum atomic E-state index is 12.7. The molecule has 1 aromatic rings. The summed E-state index contributed by atoms with van der Waals surface area (Å²) in [7, 11) is -1.40. The minimum absolute atomic E-state index is 0. The van der Waals surface area contributed by atoms with Crippen molar-refractivity contribution in [3.05, 3.63) is 35.4 Å². The minimum Gasteiger partial charge on any atom is -0.379 e. The summed E-state index contributed by atoms with van der Waals surface area (Å²) < 4.78 is 32.0. The smallest absolute Gasteiger partial charge is 0.218 e. The Labute approximate surface area is 172 Å². The number of nitrogens with two attached hydrogens (primary N) is 1. The summed E-state index contributed by atoms with van der Waals surface area (Å²) >= 11 is 0. The first kappa shape index (κ1) is 21.4. The fourth-order valence-electron chi connectivity index (χ4n) is 2.89. The largest absolute Gasteiger partial charge is 0.379 e. The Kier molecular flexibility index (Phi) is 7.68. The molecule has 9 heteroatoms. The molecular formula is C17H27IN4O3S. The summed E-state index contributed by atoms with van der Waals surface area (Å²) in [6, 6.07) is 8.02. The van der Waals surface area contributed by atoms with Gasteiger partial charge in [-0.05, 0) is 24.0 Å². The van der Waals surface area contributed by atoms with Crippen LogP contribution in [0.15, 0.2) is 29.3 Å².